The quantitative estimate of drug-likeness (QED) is 0.205. The summed E-state index contributed by atoms with van der Waals surface area (Å²) < 4.78 is 78.4. The lowest BCUT2D eigenvalue weighted by Crippen LogP contribution is -2.41. The number of nitrogens with zero attached hydrogens (tertiary/aromatic N) is 1. The summed E-state index contributed by atoms with van der Waals surface area (Å²) in [6, 6.07) is 12.4. The molecule has 240 valence electrons. The number of imide groups is 1. The average molecular weight is 660 g/mol. The van der Waals surface area contributed by atoms with Gasteiger partial charge in [0.1, 0.15) is 21.3 Å². The van der Waals surface area contributed by atoms with Crippen LogP contribution in [0.5, 0.6) is 23.0 Å². The van der Waals surface area contributed by atoms with Crippen molar-refractivity contribution >= 4 is 32.0 Å². The van der Waals surface area contributed by atoms with Crippen molar-refractivity contribution in [3.63, 3.8) is 0 Å². The Morgan fingerprint density at radius 3 is 2.38 bits per heavy atom. The van der Waals surface area contributed by atoms with Crippen LogP contribution in [-0.4, -0.2) is 79.5 Å². The number of sulfonamides is 1. The normalized spacial score (nSPS) is 15.4. The molecule has 0 saturated carbocycles. The third kappa shape index (κ3) is 7.45. The summed E-state index contributed by atoms with van der Waals surface area (Å²) in [5.41, 5.74) is 0.639. The van der Waals surface area contributed by atoms with Crippen LogP contribution in [0, 0.1) is 6.92 Å². The Morgan fingerprint density at radius 2 is 1.64 bits per heavy atom. The molecule has 0 bridgehead atoms. The molecule has 3 aromatic carbocycles. The third-order valence-corrected chi connectivity index (χ3v) is 9.92. The van der Waals surface area contributed by atoms with Gasteiger partial charge in [-0.1, -0.05) is 19.1 Å². The predicted molar refractivity (Wildman–Crippen MR) is 162 cm³/mol. The smallest absolute Gasteiger partial charge is 0.340 e. The zero-order valence-corrected chi connectivity index (χ0v) is 26.3. The molecular weight excluding hydrogens is 626 g/mol. The van der Waals surface area contributed by atoms with Crippen molar-refractivity contribution < 1.29 is 44.8 Å². The summed E-state index contributed by atoms with van der Waals surface area (Å²) >= 11 is 0. The van der Waals surface area contributed by atoms with Crippen LogP contribution in [0.1, 0.15) is 39.6 Å². The van der Waals surface area contributed by atoms with Gasteiger partial charge >= 0.3 is 10.1 Å². The first-order valence-electron chi connectivity index (χ1n) is 14.3. The van der Waals surface area contributed by atoms with Gasteiger partial charge in [0.15, 0.2) is 11.5 Å². The van der Waals surface area contributed by atoms with Crippen LogP contribution in [0.3, 0.4) is 0 Å². The van der Waals surface area contributed by atoms with Crippen molar-refractivity contribution in [3.05, 3.63) is 71.3 Å². The Morgan fingerprint density at radius 1 is 0.933 bits per heavy atom. The highest BCUT2D eigenvalue weighted by Gasteiger charge is 2.33. The molecule has 2 amide bonds. The maximum absolute atomic E-state index is 13.5. The van der Waals surface area contributed by atoms with Gasteiger partial charge in [-0.3, -0.25) is 19.8 Å². The molecule has 1 saturated heterocycles. The molecule has 3 aromatic rings. The summed E-state index contributed by atoms with van der Waals surface area (Å²) in [7, 11) is -8.88. The van der Waals surface area contributed by atoms with E-state index in [9.17, 15) is 26.4 Å². The molecule has 0 unspecified atom stereocenters. The number of ether oxygens (including phenoxy) is 3. The number of aryl methyl sites for hydroxylation is 1. The molecule has 2 N–H and O–H groups in total. The molecule has 2 heterocycles. The number of morpholine rings is 1. The molecule has 1 fully saturated rings. The van der Waals surface area contributed by atoms with Crippen molar-refractivity contribution in [1.82, 2.24) is 14.9 Å². The molecule has 2 aliphatic rings. The van der Waals surface area contributed by atoms with E-state index in [1.807, 2.05) is 11.8 Å². The Kier molecular flexibility index (Phi) is 9.74. The first-order chi connectivity index (χ1) is 21.5. The van der Waals surface area contributed by atoms with Gasteiger partial charge in [-0.05, 0) is 55.3 Å². The minimum Gasteiger partial charge on any atom is -0.490 e. The molecule has 5 rings (SSSR count). The van der Waals surface area contributed by atoms with E-state index in [4.69, 9.17) is 18.4 Å². The van der Waals surface area contributed by atoms with Gasteiger partial charge in [0.05, 0.1) is 30.9 Å². The Balaban J connectivity index is 1.40. The lowest BCUT2D eigenvalue weighted by Gasteiger charge is -2.26. The van der Waals surface area contributed by atoms with Gasteiger partial charge < -0.3 is 18.4 Å². The molecule has 0 aliphatic carbocycles. The highest BCUT2D eigenvalue weighted by atomic mass is 32.2. The van der Waals surface area contributed by atoms with Crippen molar-refractivity contribution in [1.29, 1.82) is 0 Å². The van der Waals surface area contributed by atoms with Crippen molar-refractivity contribution in [3.8, 4) is 23.0 Å². The number of nitrogens with one attached hydrogen (secondary N) is 2. The largest absolute Gasteiger partial charge is 0.490 e. The SMILES string of the molecule is CCCOc1ccc2c(c1Oc1cc(C)cc(OS(=O)(=O)c3ccccc3S(=O)(=O)NCCN3CCOCC3)c1)C(=O)NC2=O. The number of carbonyl (C=O) groups is 2. The lowest BCUT2D eigenvalue weighted by molar-refractivity contribution is 0.0390. The van der Waals surface area contributed by atoms with Crippen LogP contribution in [0.2, 0.25) is 0 Å². The summed E-state index contributed by atoms with van der Waals surface area (Å²) in [4.78, 5) is 25.9. The maximum atomic E-state index is 13.5. The summed E-state index contributed by atoms with van der Waals surface area (Å²) in [5.74, 6) is -1.10. The number of benzene rings is 3. The first-order valence-corrected chi connectivity index (χ1v) is 17.2. The Hall–Kier alpha value is -4.02. The molecule has 13 nitrogen and oxygen atoms in total. The van der Waals surface area contributed by atoms with Crippen LogP contribution < -0.4 is 23.7 Å². The molecular formula is C30H33N3O10S2. The van der Waals surface area contributed by atoms with Gasteiger partial charge in [0, 0.05) is 32.2 Å². The second kappa shape index (κ2) is 13.5. The summed E-state index contributed by atoms with van der Waals surface area (Å²) in [6.07, 6.45) is 0.669. The first kappa shape index (κ1) is 32.4. The molecule has 0 spiro atoms. The average Bonchev–Trinajstić information content (AvgIpc) is 3.29. The van der Waals surface area contributed by atoms with Crippen LogP contribution >= 0.6 is 0 Å². The van der Waals surface area contributed by atoms with Crippen molar-refractivity contribution in [2.75, 3.05) is 46.0 Å². The minimum atomic E-state index is -4.66. The number of carbonyl (C=O) groups excluding carboxylic acids is 2. The fraction of sp³-hybridized carbons (Fsp3) is 0.333. The third-order valence-electron chi connectivity index (χ3n) is 6.96. The monoisotopic (exact) mass is 659 g/mol. The van der Waals surface area contributed by atoms with E-state index in [2.05, 4.69) is 10.0 Å². The van der Waals surface area contributed by atoms with Crippen molar-refractivity contribution in [2.24, 2.45) is 0 Å². The number of rotatable bonds is 13. The zero-order chi connectivity index (χ0) is 32.2. The van der Waals surface area contributed by atoms with Gasteiger partial charge in [-0.25, -0.2) is 13.1 Å². The Labute approximate surface area is 261 Å². The molecule has 0 aromatic heterocycles. The van der Waals surface area contributed by atoms with E-state index >= 15 is 0 Å². The highest BCUT2D eigenvalue weighted by Crippen LogP contribution is 2.40. The molecule has 45 heavy (non-hydrogen) atoms. The van der Waals surface area contributed by atoms with Crippen LogP contribution in [-0.2, 0) is 24.9 Å². The minimum absolute atomic E-state index is 0.00884. The fourth-order valence-electron chi connectivity index (χ4n) is 4.87. The standard InChI is InChI=1S/C30H33N3O10S2/c1-3-14-41-24-9-8-23-27(30(35)32-29(23)34)28(24)42-21-17-20(2)18-22(19-21)43-45(38,39)26-7-5-4-6-25(26)44(36,37)31-10-11-33-12-15-40-16-13-33/h4-9,17-19,31H,3,10-16H2,1-2H3,(H,32,34,35). The maximum Gasteiger partial charge on any atom is 0.340 e. The van der Waals surface area contributed by atoms with E-state index < -0.39 is 41.7 Å². The second-order valence-corrected chi connectivity index (χ2v) is 13.6. The van der Waals surface area contributed by atoms with Crippen molar-refractivity contribution in [2.45, 2.75) is 30.1 Å². The lowest BCUT2D eigenvalue weighted by atomic mass is 10.1. The zero-order valence-electron chi connectivity index (χ0n) is 24.7. The van der Waals surface area contributed by atoms with Crippen LogP contribution in [0.4, 0.5) is 0 Å². The topological polar surface area (TPSA) is 167 Å². The molecule has 2 aliphatic heterocycles. The van der Waals surface area contributed by atoms with Gasteiger partial charge in [0.2, 0.25) is 10.0 Å². The molecule has 15 heteroatoms. The van der Waals surface area contributed by atoms with Crippen LogP contribution in [0.25, 0.3) is 0 Å². The number of hydrogen-bond acceptors (Lipinski definition) is 11. The van der Waals surface area contributed by atoms with E-state index in [1.165, 1.54) is 42.5 Å². The van der Waals surface area contributed by atoms with E-state index in [-0.39, 0.29) is 40.7 Å². The Bertz CT molecular complexity index is 1820. The summed E-state index contributed by atoms with van der Waals surface area (Å²) in [6.45, 7) is 6.87. The number of hydrogen-bond donors (Lipinski definition) is 2. The highest BCUT2D eigenvalue weighted by molar-refractivity contribution is 7.91. The van der Waals surface area contributed by atoms with Crippen LogP contribution in [0.15, 0.2) is 64.4 Å². The van der Waals surface area contributed by atoms with Gasteiger partial charge in [-0.2, -0.15) is 8.42 Å². The number of amides is 2. The van der Waals surface area contributed by atoms with Gasteiger partial charge in [0.25, 0.3) is 11.8 Å². The molecule has 0 radical (unpaired) electrons. The second-order valence-electron chi connectivity index (χ2n) is 10.4. The van der Waals surface area contributed by atoms with E-state index in [0.717, 1.165) is 6.07 Å². The number of fused-ring (bicyclic) bond motifs is 1. The predicted octanol–water partition coefficient (Wildman–Crippen LogP) is 2.84. The molecule has 0 atom stereocenters. The fourth-order valence-corrected chi connectivity index (χ4v) is 7.61. The summed E-state index contributed by atoms with van der Waals surface area (Å²) in [5, 5.41) is 2.23. The van der Waals surface area contributed by atoms with Gasteiger partial charge in [-0.15, -0.1) is 0 Å². The van der Waals surface area contributed by atoms with E-state index in [1.54, 1.807) is 13.0 Å². The van der Waals surface area contributed by atoms with E-state index in [0.29, 0.717) is 51.4 Å².